The molecule has 0 aliphatic carbocycles. The quantitative estimate of drug-likeness (QED) is 0.716. The first-order chi connectivity index (χ1) is 10.3. The van der Waals surface area contributed by atoms with Gasteiger partial charge in [-0.05, 0) is 30.6 Å². The number of ether oxygens (including phenoxy) is 1. The zero-order valence-electron chi connectivity index (χ0n) is 11.6. The topological polar surface area (TPSA) is 75.6 Å². The Labute approximate surface area is 147 Å². The molecule has 1 unspecified atom stereocenters. The summed E-state index contributed by atoms with van der Waals surface area (Å²) in [5.41, 5.74) is 0. The second kappa shape index (κ2) is 9.35. The van der Waals surface area contributed by atoms with Crippen LogP contribution in [0.1, 0.15) is 6.42 Å². The van der Waals surface area contributed by atoms with Crippen LogP contribution in [0.15, 0.2) is 12.1 Å². The summed E-state index contributed by atoms with van der Waals surface area (Å²) in [5.74, 6) is -0.924. The van der Waals surface area contributed by atoms with Crippen molar-refractivity contribution in [3.63, 3.8) is 0 Å². The summed E-state index contributed by atoms with van der Waals surface area (Å²) in [4.78, 5) is 22.8. The first kappa shape index (κ1) is 19.2. The molecule has 22 heavy (non-hydrogen) atoms. The second-order valence-corrected chi connectivity index (χ2v) is 6.46. The Morgan fingerprint density at radius 2 is 1.91 bits per heavy atom. The van der Waals surface area contributed by atoms with Crippen LogP contribution in [0.25, 0.3) is 0 Å². The van der Waals surface area contributed by atoms with Crippen LogP contribution in [-0.4, -0.2) is 41.6 Å². The monoisotopic (exact) mass is 385 g/mol. The van der Waals surface area contributed by atoms with Gasteiger partial charge in [0, 0.05) is 5.02 Å². The normalized spacial score (nSPS) is 11.8. The number of carbonyl (C=O) groups is 2. The molecular formula is C13H14Cl3NO4S. The average Bonchev–Trinajstić information content (AvgIpc) is 2.41. The maximum atomic E-state index is 11.8. The lowest BCUT2D eigenvalue weighted by molar-refractivity contribution is -0.142. The fraction of sp³-hybridized carbons (Fsp3) is 0.385. The second-order valence-electron chi connectivity index (χ2n) is 4.23. The molecule has 0 aliphatic heterocycles. The van der Waals surface area contributed by atoms with E-state index in [9.17, 15) is 9.59 Å². The summed E-state index contributed by atoms with van der Waals surface area (Å²) in [6, 6.07) is 1.90. The third-order valence-electron chi connectivity index (χ3n) is 2.55. The lowest BCUT2D eigenvalue weighted by Crippen LogP contribution is -2.43. The Balaban J connectivity index is 2.60. The van der Waals surface area contributed by atoms with Gasteiger partial charge >= 0.3 is 5.97 Å². The average molecular weight is 387 g/mol. The van der Waals surface area contributed by atoms with Gasteiger partial charge in [0.1, 0.15) is 6.04 Å². The number of carboxylic acids is 1. The Bertz CT molecular complexity index is 533. The summed E-state index contributed by atoms with van der Waals surface area (Å²) in [5, 5.41) is 12.1. The van der Waals surface area contributed by atoms with E-state index in [1.165, 1.54) is 23.9 Å². The SMILES string of the molecule is CSCCC(NC(=O)COc1c(Cl)cc(Cl)cc1Cl)C(=O)O. The van der Waals surface area contributed by atoms with E-state index in [1.807, 2.05) is 6.26 Å². The molecule has 1 atom stereocenters. The third-order valence-corrected chi connectivity index (χ3v) is 3.98. The van der Waals surface area contributed by atoms with Crippen LogP contribution < -0.4 is 10.1 Å². The lowest BCUT2D eigenvalue weighted by atomic mass is 10.2. The minimum absolute atomic E-state index is 0.124. The Hall–Kier alpha value is -0.820. The highest BCUT2D eigenvalue weighted by atomic mass is 35.5. The summed E-state index contributed by atoms with van der Waals surface area (Å²) in [6.45, 7) is -0.399. The summed E-state index contributed by atoms with van der Waals surface area (Å²) >= 11 is 19.1. The molecule has 0 aliphatic rings. The molecule has 0 fully saturated rings. The number of aliphatic carboxylic acids is 1. The summed E-state index contributed by atoms with van der Waals surface area (Å²) in [7, 11) is 0. The minimum Gasteiger partial charge on any atom is -0.481 e. The number of rotatable bonds is 8. The maximum absolute atomic E-state index is 11.8. The molecule has 1 amide bonds. The van der Waals surface area contributed by atoms with Crippen molar-refractivity contribution in [2.45, 2.75) is 12.5 Å². The maximum Gasteiger partial charge on any atom is 0.326 e. The summed E-state index contributed by atoms with van der Waals surface area (Å²) < 4.78 is 5.24. The van der Waals surface area contributed by atoms with Crippen molar-refractivity contribution < 1.29 is 19.4 Å². The van der Waals surface area contributed by atoms with Gasteiger partial charge in [-0.25, -0.2) is 4.79 Å². The van der Waals surface area contributed by atoms with Crippen LogP contribution in [-0.2, 0) is 9.59 Å². The molecule has 1 aromatic rings. The lowest BCUT2D eigenvalue weighted by Gasteiger charge is -2.15. The molecule has 0 aromatic heterocycles. The van der Waals surface area contributed by atoms with Gasteiger partial charge in [-0.3, -0.25) is 4.79 Å². The Morgan fingerprint density at radius 1 is 1.32 bits per heavy atom. The summed E-state index contributed by atoms with van der Waals surface area (Å²) in [6.07, 6.45) is 2.18. The predicted octanol–water partition coefficient (Wildman–Crippen LogP) is 3.35. The van der Waals surface area contributed by atoms with Crippen molar-refractivity contribution in [1.82, 2.24) is 5.32 Å². The first-order valence-corrected chi connectivity index (χ1v) is 8.66. The van der Waals surface area contributed by atoms with E-state index in [-0.39, 0.29) is 15.8 Å². The van der Waals surface area contributed by atoms with Crippen molar-refractivity contribution in [1.29, 1.82) is 0 Å². The number of carboxylic acid groups (broad SMARTS) is 1. The van der Waals surface area contributed by atoms with E-state index in [2.05, 4.69) is 5.32 Å². The first-order valence-electron chi connectivity index (χ1n) is 6.13. The van der Waals surface area contributed by atoms with Crippen LogP contribution >= 0.6 is 46.6 Å². The molecule has 5 nitrogen and oxygen atoms in total. The number of benzene rings is 1. The number of halogens is 3. The number of amides is 1. The van der Waals surface area contributed by atoms with E-state index < -0.39 is 24.5 Å². The van der Waals surface area contributed by atoms with Gasteiger partial charge in [0.15, 0.2) is 12.4 Å². The van der Waals surface area contributed by atoms with Gasteiger partial charge in [-0.15, -0.1) is 0 Å². The van der Waals surface area contributed by atoms with E-state index in [4.69, 9.17) is 44.6 Å². The number of carbonyl (C=O) groups excluding carboxylic acids is 1. The standard InChI is InChI=1S/C13H14Cl3NO4S/c1-22-3-2-10(13(19)20)17-11(18)6-21-12-8(15)4-7(14)5-9(12)16/h4-5,10H,2-3,6H2,1H3,(H,17,18)(H,19,20). The number of hydrogen-bond donors (Lipinski definition) is 2. The molecule has 1 aromatic carbocycles. The van der Waals surface area contributed by atoms with E-state index >= 15 is 0 Å². The highest BCUT2D eigenvalue weighted by Crippen LogP contribution is 2.35. The molecule has 0 bridgehead atoms. The Morgan fingerprint density at radius 3 is 2.41 bits per heavy atom. The molecule has 0 saturated carbocycles. The zero-order chi connectivity index (χ0) is 16.7. The largest absolute Gasteiger partial charge is 0.481 e. The number of hydrogen-bond acceptors (Lipinski definition) is 4. The third kappa shape index (κ3) is 6.12. The molecule has 0 spiro atoms. The highest BCUT2D eigenvalue weighted by Gasteiger charge is 2.20. The number of thioether (sulfide) groups is 1. The van der Waals surface area contributed by atoms with Crippen molar-refractivity contribution in [3.8, 4) is 5.75 Å². The van der Waals surface area contributed by atoms with Crippen LogP contribution in [0.2, 0.25) is 15.1 Å². The fourth-order valence-corrected chi connectivity index (χ4v) is 2.93. The molecule has 122 valence electrons. The smallest absolute Gasteiger partial charge is 0.326 e. The van der Waals surface area contributed by atoms with Crippen LogP contribution in [0.3, 0.4) is 0 Å². The molecule has 0 heterocycles. The molecule has 0 radical (unpaired) electrons. The zero-order valence-corrected chi connectivity index (χ0v) is 14.7. The van der Waals surface area contributed by atoms with Crippen molar-refractivity contribution in [2.75, 3.05) is 18.6 Å². The van der Waals surface area contributed by atoms with E-state index in [1.54, 1.807) is 0 Å². The van der Waals surface area contributed by atoms with E-state index in [0.29, 0.717) is 17.2 Å². The van der Waals surface area contributed by atoms with E-state index in [0.717, 1.165) is 0 Å². The van der Waals surface area contributed by atoms with Crippen LogP contribution in [0, 0.1) is 0 Å². The van der Waals surface area contributed by atoms with Gasteiger partial charge in [0.25, 0.3) is 5.91 Å². The van der Waals surface area contributed by atoms with Gasteiger partial charge in [0.2, 0.25) is 0 Å². The minimum atomic E-state index is -1.09. The van der Waals surface area contributed by atoms with Crippen molar-refractivity contribution in [2.24, 2.45) is 0 Å². The van der Waals surface area contributed by atoms with Gasteiger partial charge in [-0.1, -0.05) is 34.8 Å². The van der Waals surface area contributed by atoms with Crippen molar-refractivity contribution >= 4 is 58.4 Å². The van der Waals surface area contributed by atoms with Crippen molar-refractivity contribution in [3.05, 3.63) is 27.2 Å². The Kier molecular flexibility index (Phi) is 8.17. The number of nitrogens with one attached hydrogen (secondary N) is 1. The fourth-order valence-electron chi connectivity index (χ4n) is 1.53. The highest BCUT2D eigenvalue weighted by molar-refractivity contribution is 7.98. The molecule has 1 rings (SSSR count). The van der Waals surface area contributed by atoms with Gasteiger partial charge < -0.3 is 15.2 Å². The molecular weight excluding hydrogens is 373 g/mol. The van der Waals surface area contributed by atoms with Gasteiger partial charge in [-0.2, -0.15) is 11.8 Å². The molecule has 0 saturated heterocycles. The van der Waals surface area contributed by atoms with Gasteiger partial charge in [0.05, 0.1) is 10.0 Å². The van der Waals surface area contributed by atoms with Crippen LogP contribution in [0.4, 0.5) is 0 Å². The van der Waals surface area contributed by atoms with Crippen LogP contribution in [0.5, 0.6) is 5.75 Å². The molecule has 2 N–H and O–H groups in total. The molecule has 9 heteroatoms. The predicted molar refractivity (Wildman–Crippen MR) is 89.5 cm³/mol.